The van der Waals surface area contributed by atoms with E-state index >= 15 is 4.39 Å². The van der Waals surface area contributed by atoms with Crippen molar-refractivity contribution in [3.63, 3.8) is 0 Å². The molecular weight excluding hydrogens is 539 g/mol. The number of ether oxygens (including phenoxy) is 1. The van der Waals surface area contributed by atoms with Crippen LogP contribution in [0.15, 0.2) is 52.5 Å². The van der Waals surface area contributed by atoms with Crippen molar-refractivity contribution in [2.45, 2.75) is 52.3 Å². The van der Waals surface area contributed by atoms with Crippen molar-refractivity contribution in [1.82, 2.24) is 30.8 Å². The Kier molecular flexibility index (Phi) is 7.44. The Hall–Kier alpha value is -3.58. The third-order valence-electron chi connectivity index (χ3n) is 5.56. The van der Waals surface area contributed by atoms with Crippen LogP contribution in [0.2, 0.25) is 5.02 Å². The number of hydrogen-bond acceptors (Lipinski definition) is 9. The van der Waals surface area contributed by atoms with Crippen molar-refractivity contribution in [3.05, 3.63) is 68.9 Å². The highest BCUT2D eigenvalue weighted by Gasteiger charge is 2.43. The molecule has 0 unspecified atom stereocenters. The number of aromatic nitrogens is 4. The maximum Gasteiger partial charge on any atom is 0.408 e. The molecule has 1 aromatic carbocycles. The Morgan fingerprint density at radius 1 is 1.29 bits per heavy atom. The molecule has 4 rings (SSSR count). The molecule has 202 valence electrons. The van der Waals surface area contributed by atoms with E-state index in [2.05, 4.69) is 26.0 Å². The molecule has 0 saturated heterocycles. The first-order valence-corrected chi connectivity index (χ1v) is 13.7. The van der Waals surface area contributed by atoms with Gasteiger partial charge >= 0.3 is 6.09 Å². The van der Waals surface area contributed by atoms with Gasteiger partial charge in [0.25, 0.3) is 0 Å². The van der Waals surface area contributed by atoms with Gasteiger partial charge in [-0.25, -0.2) is 13.2 Å². The van der Waals surface area contributed by atoms with E-state index in [0.717, 1.165) is 0 Å². The molecule has 2 aliphatic heterocycles. The summed E-state index contributed by atoms with van der Waals surface area (Å²) in [7, 11) is -4.27. The van der Waals surface area contributed by atoms with Crippen LogP contribution in [0.1, 0.15) is 39.1 Å². The zero-order valence-corrected chi connectivity index (χ0v) is 22.7. The summed E-state index contributed by atoms with van der Waals surface area (Å²) in [6.45, 7) is 7.04. The third-order valence-corrected chi connectivity index (χ3v) is 7.51. The summed E-state index contributed by atoms with van der Waals surface area (Å²) in [6, 6.07) is 5.23. The number of aryl methyl sites for hydroxylation is 1. The molecule has 0 spiro atoms. The molecule has 0 saturated carbocycles. The van der Waals surface area contributed by atoms with Gasteiger partial charge in [-0.15, -0.1) is 10.2 Å². The minimum absolute atomic E-state index is 0.0385. The molecule has 14 heteroatoms. The van der Waals surface area contributed by atoms with Crippen LogP contribution < -0.4 is 10.6 Å². The number of benzene rings is 1. The molecule has 3 heterocycles. The Balaban J connectivity index is 1.83. The summed E-state index contributed by atoms with van der Waals surface area (Å²) in [5, 5.41) is 16.3. The molecule has 1 aromatic heterocycles. The van der Waals surface area contributed by atoms with E-state index in [0.29, 0.717) is 17.1 Å². The predicted molar refractivity (Wildman–Crippen MR) is 137 cm³/mol. The fourth-order valence-electron chi connectivity index (χ4n) is 3.91. The normalized spacial score (nSPS) is 19.4. The van der Waals surface area contributed by atoms with Crippen molar-refractivity contribution >= 4 is 38.9 Å². The first-order chi connectivity index (χ1) is 17.8. The molecule has 2 aliphatic rings. The van der Waals surface area contributed by atoms with E-state index in [4.69, 9.17) is 16.3 Å². The number of alkyl carbamates (subject to hydrolysis) is 1. The zero-order chi connectivity index (χ0) is 27.8. The van der Waals surface area contributed by atoms with Crippen LogP contribution >= 0.6 is 11.6 Å². The smallest absolute Gasteiger partial charge is 0.408 e. The second-order valence-corrected chi connectivity index (χ2v) is 12.1. The number of carbonyl (C=O) groups is 2. The van der Waals surface area contributed by atoms with Gasteiger partial charge in [-0.05, 0) is 68.7 Å². The van der Waals surface area contributed by atoms with Crippen LogP contribution in [0.25, 0.3) is 5.57 Å². The van der Waals surface area contributed by atoms with E-state index in [1.165, 1.54) is 10.9 Å². The summed E-state index contributed by atoms with van der Waals surface area (Å²) in [6.07, 6.45) is 0.404. The van der Waals surface area contributed by atoms with Gasteiger partial charge < -0.3 is 15.4 Å². The third kappa shape index (κ3) is 5.94. The number of hydrogen-bond donors (Lipinski definition) is 2. The number of halogens is 2. The number of rotatable bonds is 5. The van der Waals surface area contributed by atoms with E-state index in [9.17, 15) is 18.0 Å². The summed E-state index contributed by atoms with van der Waals surface area (Å²) in [5.41, 5.74) is -0.483. The van der Waals surface area contributed by atoms with Crippen LogP contribution in [0.3, 0.4) is 0 Å². The number of allylic oxidation sites excluding steroid dienone is 3. The molecule has 1 amide bonds. The lowest BCUT2D eigenvalue weighted by molar-refractivity contribution is -0.117. The second-order valence-electron chi connectivity index (χ2n) is 9.68. The van der Waals surface area contributed by atoms with E-state index < -0.39 is 50.1 Å². The van der Waals surface area contributed by atoms with Crippen LogP contribution in [0.4, 0.5) is 9.18 Å². The maximum atomic E-state index is 15.5. The molecule has 2 aromatic rings. The molecule has 0 radical (unpaired) electrons. The molecule has 38 heavy (non-hydrogen) atoms. The van der Waals surface area contributed by atoms with Gasteiger partial charge in [-0.1, -0.05) is 23.7 Å². The molecule has 0 aliphatic carbocycles. The summed E-state index contributed by atoms with van der Waals surface area (Å²) in [4.78, 5) is 27.3. The molecule has 0 fully saturated rings. The number of carbonyl (C=O) groups excluding carboxylic acids is 2. The predicted octanol–water partition coefficient (Wildman–Crippen LogP) is 2.86. The van der Waals surface area contributed by atoms with Crippen molar-refractivity contribution < 1.29 is 27.1 Å². The molecule has 2 N–H and O–H groups in total. The highest BCUT2D eigenvalue weighted by molar-refractivity contribution is 7.95. The molecule has 0 bridgehead atoms. The standard InChI is InChI=1S/C24H26ClFN6O5S/c1-5-32-30-21(29-31-32)16-11-14(10-13-6-8-15(25)9-7-13)18-19(33)17(27-23(34)37-24(2,3)4)12-38(35,36)22(18)28-20(16)26/h6-9,11,17,28H,5,10,12H2,1-4H3,(H,27,34)/t17-/m0/s1. The minimum atomic E-state index is -4.27. The summed E-state index contributed by atoms with van der Waals surface area (Å²) in [5.74, 6) is -2.65. The van der Waals surface area contributed by atoms with Crippen LogP contribution in [-0.2, 0) is 32.3 Å². The fraction of sp³-hybridized carbons (Fsp3) is 0.375. The van der Waals surface area contributed by atoms with Crippen LogP contribution in [0.5, 0.6) is 0 Å². The molecule has 1 atom stereocenters. The van der Waals surface area contributed by atoms with Crippen molar-refractivity contribution in [2.24, 2.45) is 0 Å². The number of amides is 1. The second kappa shape index (κ2) is 10.3. The topological polar surface area (TPSA) is 145 Å². The quantitative estimate of drug-likeness (QED) is 0.523. The van der Waals surface area contributed by atoms with Crippen LogP contribution in [0, 0.1) is 0 Å². The minimum Gasteiger partial charge on any atom is -0.444 e. The Bertz CT molecular complexity index is 1490. The monoisotopic (exact) mass is 564 g/mol. The number of ketones is 1. The lowest BCUT2D eigenvalue weighted by atomic mass is 9.91. The average molecular weight is 565 g/mol. The Labute approximate surface area is 223 Å². The molecule has 11 nitrogen and oxygen atoms in total. The largest absolute Gasteiger partial charge is 0.444 e. The van der Waals surface area contributed by atoms with Gasteiger partial charge in [0, 0.05) is 5.02 Å². The van der Waals surface area contributed by atoms with E-state index in [1.54, 1.807) is 52.0 Å². The van der Waals surface area contributed by atoms with E-state index in [1.807, 2.05) is 0 Å². The van der Waals surface area contributed by atoms with Crippen molar-refractivity contribution in [1.29, 1.82) is 0 Å². The lowest BCUT2D eigenvalue weighted by Gasteiger charge is -2.28. The number of tetrazole rings is 1. The molecular formula is C24H26ClFN6O5S. The summed E-state index contributed by atoms with van der Waals surface area (Å²) >= 11 is 6.00. The maximum absolute atomic E-state index is 15.5. The lowest BCUT2D eigenvalue weighted by Crippen LogP contribution is -2.51. The number of nitrogens with zero attached hydrogens (tertiary/aromatic N) is 4. The van der Waals surface area contributed by atoms with Gasteiger partial charge in [0.05, 0.1) is 23.4 Å². The highest BCUT2D eigenvalue weighted by Crippen LogP contribution is 2.35. The van der Waals surface area contributed by atoms with Gasteiger partial charge in [0.2, 0.25) is 11.8 Å². The number of Topliss-reactive ketones (excluding diaryl/α,β-unsaturated/α-hetero) is 1. The average Bonchev–Trinajstić information content (AvgIpc) is 3.23. The highest BCUT2D eigenvalue weighted by atomic mass is 35.5. The number of sulfone groups is 1. The summed E-state index contributed by atoms with van der Waals surface area (Å²) < 4.78 is 47.4. The van der Waals surface area contributed by atoms with Gasteiger partial charge in [-0.2, -0.15) is 9.19 Å². The number of nitrogens with one attached hydrogen (secondary N) is 2. The van der Waals surface area contributed by atoms with Crippen molar-refractivity contribution in [3.8, 4) is 0 Å². The first-order valence-electron chi connectivity index (χ1n) is 11.7. The fourth-order valence-corrected chi connectivity index (χ4v) is 5.66. The Morgan fingerprint density at radius 2 is 1.97 bits per heavy atom. The van der Waals surface area contributed by atoms with Crippen LogP contribution in [-0.4, -0.2) is 57.9 Å². The van der Waals surface area contributed by atoms with Gasteiger partial charge in [0.1, 0.15) is 16.7 Å². The van der Waals surface area contributed by atoms with Gasteiger partial charge in [-0.3, -0.25) is 4.79 Å². The zero-order valence-electron chi connectivity index (χ0n) is 21.1. The Morgan fingerprint density at radius 3 is 2.58 bits per heavy atom. The van der Waals surface area contributed by atoms with Gasteiger partial charge in [0.15, 0.2) is 15.6 Å². The van der Waals surface area contributed by atoms with E-state index in [-0.39, 0.29) is 29.0 Å². The van der Waals surface area contributed by atoms with Crippen molar-refractivity contribution in [2.75, 3.05) is 5.75 Å². The first kappa shape index (κ1) is 27.5. The SMILES string of the molecule is CCn1nnc(C2=C(F)NC3=C(C(=O)[C@@H](NC(=O)OC(C)(C)C)CS3(=O)=O)C(Cc3ccc(Cl)cc3)=C2)n1.